The molecule has 33 heavy (non-hydrogen) atoms. The lowest BCUT2D eigenvalue weighted by atomic mass is 9.94. The number of benzene rings is 1. The fraction of sp³-hybridized carbons (Fsp3) is 0.400. The number of urea groups is 1. The largest absolute Gasteiger partial charge is 0.435 e. The Balaban J connectivity index is 1.70. The number of piperazine rings is 1. The monoisotopic (exact) mass is 498 g/mol. The van der Waals surface area contributed by atoms with E-state index in [1.54, 1.807) is 25.3 Å². The van der Waals surface area contributed by atoms with Crippen LogP contribution in [0.15, 0.2) is 42.6 Å². The van der Waals surface area contributed by atoms with Gasteiger partial charge in [0.2, 0.25) is 0 Å². The number of amides is 2. The number of hydrogen-bond acceptors (Lipinski definition) is 3. The first-order valence-corrected chi connectivity index (χ1v) is 9.99. The van der Waals surface area contributed by atoms with Crippen LogP contribution >= 0.6 is 11.6 Å². The lowest BCUT2D eigenvalue weighted by molar-refractivity contribution is -0.348. The van der Waals surface area contributed by atoms with Crippen LogP contribution in [-0.4, -0.2) is 53.9 Å². The van der Waals surface area contributed by atoms with Crippen molar-refractivity contribution >= 4 is 29.1 Å². The fourth-order valence-electron chi connectivity index (χ4n) is 3.53. The number of carbonyl (C=O) groups is 1. The number of rotatable bonds is 3. The van der Waals surface area contributed by atoms with Crippen molar-refractivity contribution in [2.24, 2.45) is 0 Å². The van der Waals surface area contributed by atoms with Crippen molar-refractivity contribution in [1.82, 2.24) is 9.88 Å². The van der Waals surface area contributed by atoms with Crippen LogP contribution < -0.4 is 10.2 Å². The molecule has 1 fully saturated rings. The van der Waals surface area contributed by atoms with Gasteiger partial charge < -0.3 is 15.1 Å². The van der Waals surface area contributed by atoms with E-state index in [0.29, 0.717) is 36.1 Å². The number of halogens is 8. The number of nitrogens with one attached hydrogen (secondary N) is 1. The van der Waals surface area contributed by atoms with Gasteiger partial charge in [0.25, 0.3) is 0 Å². The first-order chi connectivity index (χ1) is 15.3. The molecule has 5 nitrogen and oxygen atoms in total. The van der Waals surface area contributed by atoms with Gasteiger partial charge in [-0.2, -0.15) is 26.3 Å². The maximum absolute atomic E-state index is 14.1. The topological polar surface area (TPSA) is 48.5 Å². The summed E-state index contributed by atoms with van der Waals surface area (Å²) in [6, 6.07) is 4.70. The molecule has 180 valence electrons. The van der Waals surface area contributed by atoms with Crippen molar-refractivity contribution in [2.45, 2.75) is 31.0 Å². The van der Waals surface area contributed by atoms with Gasteiger partial charge in [0.15, 0.2) is 0 Å². The Labute approximate surface area is 189 Å². The van der Waals surface area contributed by atoms with E-state index >= 15 is 0 Å². The molecule has 0 saturated carbocycles. The van der Waals surface area contributed by atoms with Crippen molar-refractivity contribution in [1.29, 1.82) is 0 Å². The summed E-state index contributed by atoms with van der Waals surface area (Å²) in [4.78, 5) is 20.2. The summed E-state index contributed by atoms with van der Waals surface area (Å²) >= 11 is 6.15. The maximum Gasteiger partial charge on any atom is 0.435 e. The number of nitrogens with zero attached hydrogens (tertiary/aromatic N) is 3. The summed E-state index contributed by atoms with van der Waals surface area (Å²) < 4.78 is 91.4. The number of anilines is 2. The lowest BCUT2D eigenvalue weighted by Gasteiger charge is -2.40. The van der Waals surface area contributed by atoms with Crippen LogP contribution in [0, 0.1) is 0 Å². The predicted octanol–water partition coefficient (Wildman–Crippen LogP) is 5.77. The summed E-state index contributed by atoms with van der Waals surface area (Å²) in [6.07, 6.45) is -10.8. The van der Waals surface area contributed by atoms with Gasteiger partial charge in [-0.25, -0.2) is 14.2 Å². The molecule has 1 aliphatic heterocycles. The zero-order valence-corrected chi connectivity index (χ0v) is 17.8. The van der Waals surface area contributed by atoms with Crippen molar-refractivity contribution in [3.63, 3.8) is 0 Å². The van der Waals surface area contributed by atoms with Crippen LogP contribution in [0.25, 0.3) is 0 Å². The number of alkyl halides is 7. The van der Waals surface area contributed by atoms with E-state index in [1.165, 1.54) is 4.90 Å². The van der Waals surface area contributed by atoms with Crippen molar-refractivity contribution < 1.29 is 35.5 Å². The fourth-order valence-corrected chi connectivity index (χ4v) is 3.77. The van der Waals surface area contributed by atoms with E-state index in [4.69, 9.17) is 11.6 Å². The third kappa shape index (κ3) is 4.80. The van der Waals surface area contributed by atoms with Crippen LogP contribution in [0.5, 0.6) is 0 Å². The van der Waals surface area contributed by atoms with Gasteiger partial charge in [-0.05, 0) is 31.2 Å². The SMILES string of the molecule is C[C@@H]1CN(c2ncccc2Cl)CCN1C(=O)Nc1ccc(C(F)(C(F)(F)F)C(F)(F)F)cc1. The number of aromatic nitrogens is 1. The molecule has 1 aromatic heterocycles. The molecule has 2 amide bonds. The molecule has 0 bridgehead atoms. The number of hydrogen-bond donors (Lipinski definition) is 1. The van der Waals surface area contributed by atoms with Crippen molar-refractivity contribution in [3.05, 3.63) is 53.2 Å². The molecular formula is C20H18ClF7N4O. The second-order valence-corrected chi connectivity index (χ2v) is 7.87. The second-order valence-electron chi connectivity index (χ2n) is 7.46. The summed E-state index contributed by atoms with van der Waals surface area (Å²) in [5.41, 5.74) is -7.24. The smallest absolute Gasteiger partial charge is 0.352 e. The summed E-state index contributed by atoms with van der Waals surface area (Å²) in [7, 11) is 0. The van der Waals surface area contributed by atoms with E-state index in [0.717, 1.165) is 12.1 Å². The number of pyridine rings is 1. The highest BCUT2D eigenvalue weighted by atomic mass is 35.5. The molecule has 3 rings (SSSR count). The standard InChI is InChI=1S/C20H18ClF7N4O/c1-12-11-31(16-15(21)3-2-8-29-16)9-10-32(12)17(33)30-14-6-4-13(5-7-14)18(22,19(23,24)25)20(26,27)28/h2-8,12H,9-11H2,1H3,(H,30,33)/t12-/m1/s1. The van der Waals surface area contributed by atoms with Gasteiger partial charge in [-0.1, -0.05) is 23.7 Å². The average molecular weight is 499 g/mol. The third-order valence-corrected chi connectivity index (χ3v) is 5.54. The second kappa shape index (κ2) is 8.88. The molecule has 1 saturated heterocycles. The van der Waals surface area contributed by atoms with E-state index in [1.807, 2.05) is 4.90 Å². The Morgan fingerprint density at radius 2 is 1.64 bits per heavy atom. The highest BCUT2D eigenvalue weighted by molar-refractivity contribution is 6.32. The van der Waals surface area contributed by atoms with Gasteiger partial charge in [0.05, 0.1) is 5.02 Å². The molecule has 1 atom stereocenters. The first-order valence-electron chi connectivity index (χ1n) is 9.61. The molecule has 1 aromatic carbocycles. The Morgan fingerprint density at radius 3 is 2.15 bits per heavy atom. The summed E-state index contributed by atoms with van der Waals surface area (Å²) in [6.45, 7) is 2.81. The molecule has 0 aliphatic carbocycles. The summed E-state index contributed by atoms with van der Waals surface area (Å²) in [5, 5.41) is 2.85. The minimum atomic E-state index is -6.21. The Kier molecular flexibility index (Phi) is 6.69. The number of carbonyl (C=O) groups excluding carboxylic acids is 1. The minimum Gasteiger partial charge on any atom is -0.352 e. The normalized spacial score (nSPS) is 17.8. The molecule has 1 aliphatic rings. The molecular weight excluding hydrogens is 481 g/mol. The highest BCUT2D eigenvalue weighted by Crippen LogP contribution is 2.53. The molecule has 0 radical (unpaired) electrons. The van der Waals surface area contributed by atoms with Crippen LogP contribution in [0.2, 0.25) is 5.02 Å². The van der Waals surface area contributed by atoms with E-state index in [2.05, 4.69) is 10.3 Å². The Bertz CT molecular complexity index is 983. The zero-order chi connectivity index (χ0) is 24.6. The minimum absolute atomic E-state index is 0.0853. The highest BCUT2D eigenvalue weighted by Gasteiger charge is 2.73. The maximum atomic E-state index is 14.1. The quantitative estimate of drug-likeness (QED) is 0.547. The average Bonchev–Trinajstić information content (AvgIpc) is 2.72. The molecule has 2 heterocycles. The van der Waals surface area contributed by atoms with Crippen molar-refractivity contribution in [3.8, 4) is 0 Å². The van der Waals surface area contributed by atoms with E-state index in [9.17, 15) is 35.5 Å². The molecule has 13 heteroatoms. The molecule has 0 spiro atoms. The zero-order valence-electron chi connectivity index (χ0n) is 17.0. The summed E-state index contributed by atoms with van der Waals surface area (Å²) in [5.74, 6) is 0.561. The third-order valence-electron chi connectivity index (χ3n) is 5.24. The first kappa shape index (κ1) is 24.9. The van der Waals surface area contributed by atoms with Gasteiger partial charge >= 0.3 is 24.1 Å². The van der Waals surface area contributed by atoms with Crippen LogP contribution in [-0.2, 0) is 5.67 Å². The van der Waals surface area contributed by atoms with Gasteiger partial charge in [-0.15, -0.1) is 0 Å². The van der Waals surface area contributed by atoms with Crippen LogP contribution in [0.1, 0.15) is 12.5 Å². The molecule has 0 unspecified atom stereocenters. The lowest BCUT2D eigenvalue weighted by Crippen LogP contribution is -2.55. The van der Waals surface area contributed by atoms with Crippen molar-refractivity contribution in [2.75, 3.05) is 29.9 Å². The van der Waals surface area contributed by atoms with E-state index < -0.39 is 29.6 Å². The molecule has 2 aromatic rings. The van der Waals surface area contributed by atoms with E-state index in [-0.39, 0.29) is 18.3 Å². The van der Waals surface area contributed by atoms with Gasteiger partial charge in [0.1, 0.15) is 5.82 Å². The van der Waals surface area contributed by atoms with Crippen LogP contribution in [0.3, 0.4) is 0 Å². The van der Waals surface area contributed by atoms with Gasteiger partial charge in [0, 0.05) is 43.1 Å². The Hall–Kier alpha value is -2.76. The van der Waals surface area contributed by atoms with Gasteiger partial charge in [-0.3, -0.25) is 0 Å². The van der Waals surface area contributed by atoms with Crippen LogP contribution in [0.4, 0.5) is 47.0 Å². The molecule has 1 N–H and O–H groups in total. The Morgan fingerprint density at radius 1 is 1.03 bits per heavy atom. The predicted molar refractivity (Wildman–Crippen MR) is 108 cm³/mol.